The second-order valence-corrected chi connectivity index (χ2v) is 5.95. The van der Waals surface area contributed by atoms with Gasteiger partial charge in [-0.3, -0.25) is 9.80 Å². The van der Waals surface area contributed by atoms with E-state index >= 15 is 0 Å². The molecule has 3 fully saturated rings. The van der Waals surface area contributed by atoms with Crippen LogP contribution in [0.3, 0.4) is 0 Å². The van der Waals surface area contributed by atoms with E-state index < -0.39 is 0 Å². The Bertz CT molecular complexity index is 273. The van der Waals surface area contributed by atoms with Crippen LogP contribution < -0.4 is 5.32 Å². The highest BCUT2D eigenvalue weighted by Gasteiger charge is 2.31. The molecule has 1 aliphatic heterocycles. The zero-order valence-electron chi connectivity index (χ0n) is 10.8. The molecule has 0 amide bonds. The molecule has 17 heavy (non-hydrogen) atoms. The Kier molecular flexibility index (Phi) is 3.50. The maximum Gasteiger partial charge on any atom is 0.0203 e. The molecular weight excluding hydrogens is 210 g/mol. The molecule has 3 nitrogen and oxygen atoms in total. The summed E-state index contributed by atoms with van der Waals surface area (Å²) in [7, 11) is 0. The van der Waals surface area contributed by atoms with Crippen LogP contribution in [0, 0.1) is 0 Å². The standard InChI is InChI=1S/C14H25N3/c1-12(10-15-13-2-3-13)11-16-6-8-17(9-7-16)14-4-5-14/h13-15H,1-11H2. The van der Waals surface area contributed by atoms with Crippen LogP contribution in [0.1, 0.15) is 25.7 Å². The average molecular weight is 235 g/mol. The van der Waals surface area contributed by atoms with E-state index in [4.69, 9.17) is 0 Å². The molecule has 0 spiro atoms. The second kappa shape index (κ2) is 5.09. The molecule has 3 rings (SSSR count). The number of piperazine rings is 1. The van der Waals surface area contributed by atoms with E-state index in [-0.39, 0.29) is 0 Å². The van der Waals surface area contributed by atoms with E-state index in [2.05, 4.69) is 21.7 Å². The van der Waals surface area contributed by atoms with Crippen LogP contribution in [0.25, 0.3) is 0 Å². The van der Waals surface area contributed by atoms with Crippen LogP contribution in [0.15, 0.2) is 12.2 Å². The fourth-order valence-corrected chi connectivity index (χ4v) is 2.67. The largest absolute Gasteiger partial charge is 0.310 e. The number of nitrogens with zero attached hydrogens (tertiary/aromatic N) is 2. The number of rotatable bonds is 6. The molecule has 0 bridgehead atoms. The lowest BCUT2D eigenvalue weighted by Gasteiger charge is -2.35. The maximum atomic E-state index is 4.20. The van der Waals surface area contributed by atoms with Crippen LogP contribution in [0.4, 0.5) is 0 Å². The van der Waals surface area contributed by atoms with Crippen molar-refractivity contribution < 1.29 is 0 Å². The van der Waals surface area contributed by atoms with Gasteiger partial charge in [0.1, 0.15) is 0 Å². The van der Waals surface area contributed by atoms with Crippen molar-refractivity contribution in [3.63, 3.8) is 0 Å². The van der Waals surface area contributed by atoms with E-state index in [9.17, 15) is 0 Å². The summed E-state index contributed by atoms with van der Waals surface area (Å²) in [5.74, 6) is 0. The fourth-order valence-electron chi connectivity index (χ4n) is 2.67. The first-order valence-electron chi connectivity index (χ1n) is 7.18. The molecule has 1 saturated heterocycles. The van der Waals surface area contributed by atoms with Crippen molar-refractivity contribution in [2.24, 2.45) is 0 Å². The minimum atomic E-state index is 0.804. The first-order valence-corrected chi connectivity index (χ1v) is 7.18. The first-order chi connectivity index (χ1) is 8.31. The maximum absolute atomic E-state index is 4.20. The topological polar surface area (TPSA) is 18.5 Å². The summed E-state index contributed by atoms with van der Waals surface area (Å²) in [6.45, 7) is 11.3. The van der Waals surface area contributed by atoms with Gasteiger partial charge >= 0.3 is 0 Å². The number of nitrogens with one attached hydrogen (secondary N) is 1. The summed E-state index contributed by atoms with van der Waals surface area (Å²) >= 11 is 0. The molecule has 0 aromatic rings. The molecule has 2 aliphatic carbocycles. The molecule has 1 heterocycles. The van der Waals surface area contributed by atoms with Gasteiger partial charge in [-0.1, -0.05) is 6.58 Å². The van der Waals surface area contributed by atoms with Gasteiger partial charge in [0.05, 0.1) is 0 Å². The molecule has 2 saturated carbocycles. The van der Waals surface area contributed by atoms with Crippen molar-refractivity contribution in [1.82, 2.24) is 15.1 Å². The highest BCUT2D eigenvalue weighted by atomic mass is 15.3. The van der Waals surface area contributed by atoms with Crippen molar-refractivity contribution in [2.75, 3.05) is 39.3 Å². The zero-order chi connectivity index (χ0) is 11.7. The van der Waals surface area contributed by atoms with Crippen LogP contribution in [-0.2, 0) is 0 Å². The third-order valence-corrected chi connectivity index (χ3v) is 4.14. The van der Waals surface area contributed by atoms with Crippen molar-refractivity contribution in [3.8, 4) is 0 Å². The fraction of sp³-hybridized carbons (Fsp3) is 0.857. The van der Waals surface area contributed by atoms with Gasteiger partial charge in [0, 0.05) is 51.4 Å². The highest BCUT2D eigenvalue weighted by molar-refractivity contribution is 5.02. The number of hydrogen-bond donors (Lipinski definition) is 1. The second-order valence-electron chi connectivity index (χ2n) is 5.95. The van der Waals surface area contributed by atoms with E-state index in [1.54, 1.807) is 0 Å². The van der Waals surface area contributed by atoms with E-state index in [0.29, 0.717) is 0 Å². The summed E-state index contributed by atoms with van der Waals surface area (Å²) in [5.41, 5.74) is 1.36. The van der Waals surface area contributed by atoms with Gasteiger partial charge in [0.2, 0.25) is 0 Å². The molecule has 3 heteroatoms. The summed E-state index contributed by atoms with van der Waals surface area (Å²) in [5, 5.41) is 3.55. The van der Waals surface area contributed by atoms with Crippen LogP contribution in [-0.4, -0.2) is 61.2 Å². The Morgan fingerprint density at radius 3 is 2.35 bits per heavy atom. The molecule has 0 unspecified atom stereocenters. The quantitative estimate of drug-likeness (QED) is 0.695. The van der Waals surface area contributed by atoms with Gasteiger partial charge in [0.25, 0.3) is 0 Å². The van der Waals surface area contributed by atoms with Gasteiger partial charge in [0.15, 0.2) is 0 Å². The average Bonchev–Trinajstić information content (AvgIpc) is 3.19. The molecule has 1 N–H and O–H groups in total. The highest BCUT2D eigenvalue weighted by Crippen LogP contribution is 2.27. The summed E-state index contributed by atoms with van der Waals surface area (Å²) in [4.78, 5) is 5.23. The predicted octanol–water partition coefficient (Wildman–Crippen LogP) is 1.07. The van der Waals surface area contributed by atoms with Crippen LogP contribution >= 0.6 is 0 Å². The van der Waals surface area contributed by atoms with Gasteiger partial charge in [-0.25, -0.2) is 0 Å². The van der Waals surface area contributed by atoms with Crippen molar-refractivity contribution in [1.29, 1.82) is 0 Å². The van der Waals surface area contributed by atoms with E-state index in [0.717, 1.165) is 25.2 Å². The lowest BCUT2D eigenvalue weighted by atomic mass is 10.2. The smallest absolute Gasteiger partial charge is 0.0203 e. The zero-order valence-corrected chi connectivity index (χ0v) is 10.8. The van der Waals surface area contributed by atoms with Gasteiger partial charge in [-0.05, 0) is 31.3 Å². The van der Waals surface area contributed by atoms with E-state index in [1.165, 1.54) is 57.4 Å². The van der Waals surface area contributed by atoms with Gasteiger partial charge < -0.3 is 5.32 Å². The summed E-state index contributed by atoms with van der Waals surface area (Å²) < 4.78 is 0. The number of hydrogen-bond acceptors (Lipinski definition) is 3. The lowest BCUT2D eigenvalue weighted by Crippen LogP contribution is -2.47. The third kappa shape index (κ3) is 3.54. The normalized spacial score (nSPS) is 27.3. The summed E-state index contributed by atoms with van der Waals surface area (Å²) in [6, 6.07) is 1.75. The minimum absolute atomic E-state index is 0.804. The Labute approximate surface area is 105 Å². The van der Waals surface area contributed by atoms with Crippen molar-refractivity contribution in [2.45, 2.75) is 37.8 Å². The van der Waals surface area contributed by atoms with E-state index in [1.807, 2.05) is 0 Å². The Balaban J connectivity index is 1.33. The van der Waals surface area contributed by atoms with Crippen LogP contribution in [0.2, 0.25) is 0 Å². The molecule has 0 aromatic carbocycles. The lowest BCUT2D eigenvalue weighted by molar-refractivity contribution is 0.134. The monoisotopic (exact) mass is 235 g/mol. The first kappa shape index (κ1) is 11.7. The van der Waals surface area contributed by atoms with Gasteiger partial charge in [-0.2, -0.15) is 0 Å². The molecule has 3 aliphatic rings. The Hall–Kier alpha value is -0.380. The minimum Gasteiger partial charge on any atom is -0.310 e. The Morgan fingerprint density at radius 2 is 1.76 bits per heavy atom. The molecule has 0 radical (unpaired) electrons. The van der Waals surface area contributed by atoms with Crippen molar-refractivity contribution in [3.05, 3.63) is 12.2 Å². The molecular formula is C14H25N3. The molecule has 96 valence electrons. The molecule has 0 aromatic heterocycles. The summed E-state index contributed by atoms with van der Waals surface area (Å²) in [6.07, 6.45) is 5.62. The predicted molar refractivity (Wildman–Crippen MR) is 71.2 cm³/mol. The van der Waals surface area contributed by atoms with Gasteiger partial charge in [-0.15, -0.1) is 0 Å². The molecule has 0 atom stereocenters. The SMILES string of the molecule is C=C(CNC1CC1)CN1CCN(C2CC2)CC1. The third-order valence-electron chi connectivity index (χ3n) is 4.14. The van der Waals surface area contributed by atoms with Crippen LogP contribution in [0.5, 0.6) is 0 Å². The Morgan fingerprint density at radius 1 is 1.06 bits per heavy atom. The van der Waals surface area contributed by atoms with Crippen molar-refractivity contribution >= 4 is 0 Å².